The van der Waals surface area contributed by atoms with Crippen LogP contribution in [0, 0.1) is 0 Å². The number of carbonyl (C=O) groups excluding carboxylic acids is 2. The topological polar surface area (TPSA) is 97.5 Å². The van der Waals surface area contributed by atoms with Crippen LogP contribution in [0.15, 0.2) is 18.2 Å². The number of pyridine rings is 1. The van der Waals surface area contributed by atoms with Crippen molar-refractivity contribution in [1.29, 1.82) is 0 Å². The number of rotatable bonds is 3. The SMILES string of the molecule is NNc1cccc(CN2C(=O)COCC2=O)n1. The van der Waals surface area contributed by atoms with Crippen LogP contribution in [0.4, 0.5) is 5.82 Å². The molecule has 1 saturated heterocycles. The van der Waals surface area contributed by atoms with Crippen molar-refractivity contribution in [2.24, 2.45) is 5.84 Å². The maximum atomic E-state index is 11.5. The van der Waals surface area contributed by atoms with E-state index in [-0.39, 0.29) is 31.6 Å². The van der Waals surface area contributed by atoms with Crippen molar-refractivity contribution in [2.75, 3.05) is 18.6 Å². The van der Waals surface area contributed by atoms with Gasteiger partial charge in [-0.2, -0.15) is 0 Å². The Morgan fingerprint density at radius 1 is 1.35 bits per heavy atom. The molecular weight excluding hydrogens is 224 g/mol. The molecule has 7 nitrogen and oxygen atoms in total. The molecule has 2 heterocycles. The number of hydrogen-bond acceptors (Lipinski definition) is 6. The summed E-state index contributed by atoms with van der Waals surface area (Å²) in [6.07, 6.45) is 0. The minimum atomic E-state index is -0.353. The number of nitrogens with one attached hydrogen (secondary N) is 1. The predicted octanol–water partition coefficient (Wildman–Crippen LogP) is -0.747. The molecule has 2 rings (SSSR count). The van der Waals surface area contributed by atoms with Gasteiger partial charge in [0, 0.05) is 0 Å². The maximum absolute atomic E-state index is 11.5. The van der Waals surface area contributed by atoms with E-state index in [0.29, 0.717) is 11.5 Å². The first-order valence-electron chi connectivity index (χ1n) is 5.04. The van der Waals surface area contributed by atoms with E-state index in [1.807, 2.05) is 0 Å². The normalized spacial score (nSPS) is 16.2. The van der Waals surface area contributed by atoms with Gasteiger partial charge >= 0.3 is 0 Å². The van der Waals surface area contributed by atoms with Crippen molar-refractivity contribution in [3.63, 3.8) is 0 Å². The van der Waals surface area contributed by atoms with Crippen molar-refractivity contribution in [3.05, 3.63) is 23.9 Å². The minimum Gasteiger partial charge on any atom is -0.362 e. The lowest BCUT2D eigenvalue weighted by Gasteiger charge is -2.24. The fraction of sp³-hybridized carbons (Fsp3) is 0.300. The molecule has 3 N–H and O–H groups in total. The Morgan fingerprint density at radius 3 is 2.71 bits per heavy atom. The molecule has 1 fully saturated rings. The van der Waals surface area contributed by atoms with Gasteiger partial charge in [0.1, 0.15) is 19.0 Å². The third-order valence-corrected chi connectivity index (χ3v) is 2.33. The zero-order valence-electron chi connectivity index (χ0n) is 9.05. The van der Waals surface area contributed by atoms with Gasteiger partial charge in [-0.1, -0.05) is 6.07 Å². The van der Waals surface area contributed by atoms with E-state index in [9.17, 15) is 9.59 Å². The first-order valence-corrected chi connectivity index (χ1v) is 5.04. The number of ether oxygens (including phenoxy) is 1. The summed E-state index contributed by atoms with van der Waals surface area (Å²) < 4.78 is 4.81. The Labute approximate surface area is 97.5 Å². The second kappa shape index (κ2) is 4.89. The highest BCUT2D eigenvalue weighted by Gasteiger charge is 2.26. The molecule has 0 unspecified atom stereocenters. The number of nitrogen functional groups attached to an aromatic ring is 1. The lowest BCUT2D eigenvalue weighted by Crippen LogP contribution is -2.45. The van der Waals surface area contributed by atoms with E-state index < -0.39 is 0 Å². The molecule has 0 saturated carbocycles. The summed E-state index contributed by atoms with van der Waals surface area (Å²) >= 11 is 0. The first kappa shape index (κ1) is 11.5. The molecule has 90 valence electrons. The van der Waals surface area contributed by atoms with Crippen molar-refractivity contribution in [1.82, 2.24) is 9.88 Å². The van der Waals surface area contributed by atoms with Crippen molar-refractivity contribution < 1.29 is 14.3 Å². The van der Waals surface area contributed by atoms with Gasteiger partial charge in [-0.05, 0) is 12.1 Å². The number of imide groups is 1. The Balaban J connectivity index is 2.13. The smallest absolute Gasteiger partial charge is 0.255 e. The number of aromatic nitrogens is 1. The fourth-order valence-corrected chi connectivity index (χ4v) is 1.51. The Morgan fingerprint density at radius 2 is 2.06 bits per heavy atom. The van der Waals surface area contributed by atoms with Crippen LogP contribution in [0.3, 0.4) is 0 Å². The zero-order valence-corrected chi connectivity index (χ0v) is 9.05. The van der Waals surface area contributed by atoms with Crippen LogP contribution < -0.4 is 11.3 Å². The first-order chi connectivity index (χ1) is 8.20. The van der Waals surface area contributed by atoms with Crippen LogP contribution >= 0.6 is 0 Å². The van der Waals surface area contributed by atoms with E-state index in [1.165, 1.54) is 0 Å². The number of nitrogens with zero attached hydrogens (tertiary/aromatic N) is 2. The molecule has 2 amide bonds. The van der Waals surface area contributed by atoms with E-state index in [2.05, 4.69) is 10.4 Å². The quantitative estimate of drug-likeness (QED) is 0.407. The molecule has 1 aliphatic rings. The number of carbonyl (C=O) groups is 2. The van der Waals surface area contributed by atoms with Crippen molar-refractivity contribution in [2.45, 2.75) is 6.54 Å². The lowest BCUT2D eigenvalue weighted by atomic mass is 10.3. The van der Waals surface area contributed by atoms with Gasteiger partial charge in [0.2, 0.25) is 0 Å². The average Bonchev–Trinajstić information content (AvgIpc) is 2.34. The average molecular weight is 236 g/mol. The second-order valence-corrected chi connectivity index (χ2v) is 3.52. The van der Waals surface area contributed by atoms with Crippen LogP contribution in [0.1, 0.15) is 5.69 Å². The fourth-order valence-electron chi connectivity index (χ4n) is 1.51. The summed E-state index contributed by atoms with van der Waals surface area (Å²) in [6.45, 7) is -0.00230. The zero-order chi connectivity index (χ0) is 12.3. The Kier molecular flexibility index (Phi) is 3.31. The van der Waals surface area contributed by atoms with Gasteiger partial charge in [-0.3, -0.25) is 14.5 Å². The van der Waals surface area contributed by atoms with Crippen molar-refractivity contribution >= 4 is 17.6 Å². The number of nitrogens with two attached hydrogens (primary N) is 1. The monoisotopic (exact) mass is 236 g/mol. The molecule has 17 heavy (non-hydrogen) atoms. The molecule has 1 aliphatic heterocycles. The number of anilines is 1. The van der Waals surface area contributed by atoms with E-state index in [4.69, 9.17) is 10.6 Å². The van der Waals surface area contributed by atoms with Crippen molar-refractivity contribution in [3.8, 4) is 0 Å². The summed E-state index contributed by atoms with van der Waals surface area (Å²) in [5, 5.41) is 0. The van der Waals surface area contributed by atoms with Gasteiger partial charge in [0.15, 0.2) is 0 Å². The van der Waals surface area contributed by atoms with Crippen LogP contribution in [0.5, 0.6) is 0 Å². The largest absolute Gasteiger partial charge is 0.362 e. The van der Waals surface area contributed by atoms with Crippen LogP contribution in [-0.2, 0) is 20.9 Å². The molecular formula is C10H12N4O3. The van der Waals surface area contributed by atoms with E-state index in [1.54, 1.807) is 18.2 Å². The summed E-state index contributed by atoms with van der Waals surface area (Å²) in [5.74, 6) is 5.00. The number of morpholine rings is 1. The molecule has 7 heteroatoms. The number of hydrazine groups is 1. The van der Waals surface area contributed by atoms with E-state index in [0.717, 1.165) is 4.90 Å². The van der Waals surface area contributed by atoms with E-state index >= 15 is 0 Å². The van der Waals surface area contributed by atoms with Gasteiger partial charge < -0.3 is 10.2 Å². The number of amides is 2. The van der Waals surface area contributed by atoms with Crippen LogP contribution in [0.2, 0.25) is 0 Å². The lowest BCUT2D eigenvalue weighted by molar-refractivity contribution is -0.159. The molecule has 0 spiro atoms. The molecule has 0 radical (unpaired) electrons. The molecule has 0 aromatic carbocycles. The van der Waals surface area contributed by atoms with Crippen LogP contribution in [-0.4, -0.2) is 34.9 Å². The Bertz CT molecular complexity index is 433. The molecule has 0 bridgehead atoms. The summed E-state index contributed by atoms with van der Waals surface area (Å²) in [5.41, 5.74) is 2.99. The molecule has 0 atom stereocenters. The highest BCUT2D eigenvalue weighted by atomic mass is 16.5. The predicted molar refractivity (Wildman–Crippen MR) is 58.4 cm³/mol. The second-order valence-electron chi connectivity index (χ2n) is 3.52. The highest BCUT2D eigenvalue weighted by Crippen LogP contribution is 2.09. The minimum absolute atomic E-state index is 0.0689. The standard InChI is InChI=1S/C10H12N4O3/c11-13-8-3-1-2-7(12-8)4-14-9(15)5-17-6-10(14)16/h1-3H,4-6,11H2,(H,12,13). The molecule has 0 aliphatic carbocycles. The summed E-state index contributed by atoms with van der Waals surface area (Å²) in [4.78, 5) is 28.2. The van der Waals surface area contributed by atoms with Gasteiger partial charge in [0.25, 0.3) is 11.8 Å². The maximum Gasteiger partial charge on any atom is 0.255 e. The van der Waals surface area contributed by atoms with Gasteiger partial charge in [-0.15, -0.1) is 0 Å². The summed E-state index contributed by atoms with van der Waals surface area (Å²) in [6, 6.07) is 5.15. The Hall–Kier alpha value is -1.99. The third kappa shape index (κ3) is 2.58. The number of hydrogen-bond donors (Lipinski definition) is 2. The van der Waals surface area contributed by atoms with Gasteiger partial charge in [-0.25, -0.2) is 10.8 Å². The summed E-state index contributed by atoms with van der Waals surface area (Å²) in [7, 11) is 0. The van der Waals surface area contributed by atoms with Crippen LogP contribution in [0.25, 0.3) is 0 Å². The highest BCUT2D eigenvalue weighted by molar-refractivity contribution is 5.98. The molecule has 1 aromatic heterocycles. The molecule has 1 aromatic rings. The van der Waals surface area contributed by atoms with Gasteiger partial charge in [0.05, 0.1) is 12.2 Å². The third-order valence-electron chi connectivity index (χ3n) is 2.33.